The van der Waals surface area contributed by atoms with Gasteiger partial charge in [-0.25, -0.2) is 0 Å². The highest BCUT2D eigenvalue weighted by molar-refractivity contribution is 5.33. The largest absolute Gasteiger partial charge is 0.490 e. The van der Waals surface area contributed by atoms with Crippen molar-refractivity contribution in [1.82, 2.24) is 0 Å². The van der Waals surface area contributed by atoms with E-state index in [1.54, 1.807) is 0 Å². The Labute approximate surface area is 119 Å². The second kappa shape index (κ2) is 6.64. The predicted octanol–water partition coefficient (Wildman–Crippen LogP) is 3.92. The van der Waals surface area contributed by atoms with Crippen LogP contribution in [0.2, 0.25) is 0 Å². The number of rotatable bonds is 6. The van der Waals surface area contributed by atoms with Crippen molar-refractivity contribution in [3.63, 3.8) is 0 Å². The van der Waals surface area contributed by atoms with Crippen LogP contribution < -0.4 is 4.74 Å². The van der Waals surface area contributed by atoms with Crippen molar-refractivity contribution in [2.75, 3.05) is 6.54 Å². The molecule has 0 amide bonds. The lowest BCUT2D eigenvalue weighted by molar-refractivity contribution is 0.0416. The molecule has 1 aromatic rings. The molecule has 1 aliphatic rings. The first-order valence-electron chi connectivity index (χ1n) is 7.18. The number of benzene rings is 1. The Kier molecular flexibility index (Phi) is 4.88. The first-order chi connectivity index (χ1) is 9.68. The highest BCUT2D eigenvalue weighted by Gasteiger charge is 2.27. The molecule has 2 rings (SSSR count). The van der Waals surface area contributed by atoms with Gasteiger partial charge in [0.25, 0.3) is 0 Å². The lowest BCUT2D eigenvalue weighted by Gasteiger charge is -2.26. The van der Waals surface area contributed by atoms with Crippen molar-refractivity contribution in [2.45, 2.75) is 50.7 Å². The van der Waals surface area contributed by atoms with E-state index < -0.39 is 5.60 Å². The zero-order chi connectivity index (χ0) is 14.4. The number of hydrogen-bond acceptors (Lipinski definition) is 3. The van der Waals surface area contributed by atoms with Crippen molar-refractivity contribution in [2.24, 2.45) is 5.11 Å². The fourth-order valence-electron chi connectivity index (χ4n) is 2.61. The molecule has 1 saturated carbocycles. The number of ether oxygens (including phenoxy) is 1. The summed E-state index contributed by atoms with van der Waals surface area (Å²) in [6, 6.07) is 7.48. The Balaban J connectivity index is 2.16. The maximum atomic E-state index is 10.6. The molecule has 5 heteroatoms. The van der Waals surface area contributed by atoms with Crippen molar-refractivity contribution in [1.29, 1.82) is 0 Å². The summed E-state index contributed by atoms with van der Waals surface area (Å²) < 4.78 is 5.95. The molecule has 20 heavy (non-hydrogen) atoms. The molecule has 1 N–H and O–H groups in total. The van der Waals surface area contributed by atoms with Crippen LogP contribution in [0.1, 0.15) is 44.6 Å². The minimum atomic E-state index is -1.12. The minimum Gasteiger partial charge on any atom is -0.490 e. The van der Waals surface area contributed by atoms with Gasteiger partial charge in [-0.2, -0.15) is 0 Å². The number of hydrogen-bond donors (Lipinski definition) is 1. The first-order valence-corrected chi connectivity index (χ1v) is 7.18. The lowest BCUT2D eigenvalue weighted by atomic mass is 9.91. The van der Waals surface area contributed by atoms with E-state index in [0.29, 0.717) is 6.42 Å². The lowest BCUT2D eigenvalue weighted by Crippen LogP contribution is -2.28. The summed E-state index contributed by atoms with van der Waals surface area (Å²) in [6.45, 7) is 1.91. The van der Waals surface area contributed by atoms with E-state index in [0.717, 1.165) is 24.2 Å². The third-order valence-electron chi connectivity index (χ3n) is 3.96. The summed E-state index contributed by atoms with van der Waals surface area (Å²) in [7, 11) is 0. The SMILES string of the molecule is CC[C@@](O)(CN=[N+]=[N-])c1cccc(OC2CCCC2)c1. The van der Waals surface area contributed by atoms with Crippen molar-refractivity contribution in [3.05, 3.63) is 40.3 Å². The van der Waals surface area contributed by atoms with Gasteiger partial charge in [0.1, 0.15) is 5.75 Å². The zero-order valence-corrected chi connectivity index (χ0v) is 11.8. The molecule has 1 aliphatic carbocycles. The van der Waals surface area contributed by atoms with Crippen LogP contribution in [-0.2, 0) is 5.60 Å². The molecule has 1 aromatic carbocycles. The summed E-state index contributed by atoms with van der Waals surface area (Å²) in [4.78, 5) is 2.73. The third kappa shape index (κ3) is 3.44. The monoisotopic (exact) mass is 275 g/mol. The van der Waals surface area contributed by atoms with Crippen molar-refractivity contribution < 1.29 is 9.84 Å². The summed E-state index contributed by atoms with van der Waals surface area (Å²) in [6.07, 6.45) is 5.42. The van der Waals surface area contributed by atoms with Crippen molar-refractivity contribution >= 4 is 0 Å². The quantitative estimate of drug-likeness (QED) is 0.485. The Bertz CT molecular complexity index is 494. The van der Waals surface area contributed by atoms with E-state index in [-0.39, 0.29) is 12.6 Å². The van der Waals surface area contributed by atoms with Crippen LogP contribution >= 0.6 is 0 Å². The Hall–Kier alpha value is -1.71. The Morgan fingerprint density at radius 2 is 2.20 bits per heavy atom. The van der Waals surface area contributed by atoms with Gasteiger partial charge in [-0.05, 0) is 55.3 Å². The van der Waals surface area contributed by atoms with Crippen LogP contribution in [0, 0.1) is 0 Å². The average Bonchev–Trinajstić information content (AvgIpc) is 2.98. The summed E-state index contributed by atoms with van der Waals surface area (Å²) in [5.41, 5.74) is 8.05. The molecule has 0 spiro atoms. The molecule has 5 nitrogen and oxygen atoms in total. The molecule has 0 bridgehead atoms. The second-order valence-corrected chi connectivity index (χ2v) is 5.33. The normalized spacial score (nSPS) is 18.3. The highest BCUT2D eigenvalue weighted by Crippen LogP contribution is 2.30. The highest BCUT2D eigenvalue weighted by atomic mass is 16.5. The van der Waals surface area contributed by atoms with Gasteiger partial charge in [0.15, 0.2) is 0 Å². The van der Waals surface area contributed by atoms with Crippen LogP contribution in [-0.4, -0.2) is 17.8 Å². The van der Waals surface area contributed by atoms with E-state index in [1.807, 2.05) is 31.2 Å². The van der Waals surface area contributed by atoms with Crippen LogP contribution in [0.3, 0.4) is 0 Å². The van der Waals surface area contributed by atoms with Crippen LogP contribution in [0.15, 0.2) is 29.4 Å². The molecule has 0 aromatic heterocycles. The molecule has 0 saturated heterocycles. The van der Waals surface area contributed by atoms with Crippen LogP contribution in [0.25, 0.3) is 10.4 Å². The van der Waals surface area contributed by atoms with E-state index in [4.69, 9.17) is 10.3 Å². The zero-order valence-electron chi connectivity index (χ0n) is 11.8. The first kappa shape index (κ1) is 14.7. The standard InChI is InChI=1S/C15H21N3O2/c1-2-15(19,11-17-18-16)12-6-5-9-14(10-12)20-13-7-3-4-8-13/h5-6,9-10,13,19H,2-4,7-8,11H2,1H3/t15-/m1/s1. The molecule has 0 unspecified atom stereocenters. The van der Waals surface area contributed by atoms with Gasteiger partial charge in [0.05, 0.1) is 18.2 Å². The van der Waals surface area contributed by atoms with Crippen molar-refractivity contribution in [3.8, 4) is 5.75 Å². The molecule has 108 valence electrons. The Morgan fingerprint density at radius 1 is 1.45 bits per heavy atom. The summed E-state index contributed by atoms with van der Waals surface area (Å²) in [5, 5.41) is 14.1. The van der Waals surface area contributed by atoms with E-state index in [9.17, 15) is 5.11 Å². The third-order valence-corrected chi connectivity index (χ3v) is 3.96. The van der Waals surface area contributed by atoms with Gasteiger partial charge < -0.3 is 9.84 Å². The Morgan fingerprint density at radius 3 is 2.85 bits per heavy atom. The van der Waals surface area contributed by atoms with E-state index in [1.165, 1.54) is 12.8 Å². The second-order valence-electron chi connectivity index (χ2n) is 5.33. The topological polar surface area (TPSA) is 78.2 Å². The van der Waals surface area contributed by atoms with Gasteiger partial charge in [0.2, 0.25) is 0 Å². The maximum Gasteiger partial charge on any atom is 0.120 e. The minimum absolute atomic E-state index is 0.0346. The number of azide groups is 1. The van der Waals surface area contributed by atoms with Crippen LogP contribution in [0.4, 0.5) is 0 Å². The average molecular weight is 275 g/mol. The van der Waals surface area contributed by atoms with Gasteiger partial charge in [0, 0.05) is 4.91 Å². The van der Waals surface area contributed by atoms with Gasteiger partial charge >= 0.3 is 0 Å². The predicted molar refractivity (Wildman–Crippen MR) is 77.5 cm³/mol. The molecule has 0 radical (unpaired) electrons. The molecule has 0 aliphatic heterocycles. The number of aliphatic hydroxyl groups is 1. The molecule has 1 atom stereocenters. The summed E-state index contributed by atoms with van der Waals surface area (Å²) >= 11 is 0. The van der Waals surface area contributed by atoms with Gasteiger partial charge in [-0.15, -0.1) is 0 Å². The van der Waals surface area contributed by atoms with E-state index >= 15 is 0 Å². The maximum absolute atomic E-state index is 10.6. The fourth-order valence-corrected chi connectivity index (χ4v) is 2.61. The number of nitrogens with zero attached hydrogens (tertiary/aromatic N) is 3. The molecule has 0 heterocycles. The smallest absolute Gasteiger partial charge is 0.120 e. The molecule has 1 fully saturated rings. The van der Waals surface area contributed by atoms with E-state index in [2.05, 4.69) is 10.0 Å². The molecular weight excluding hydrogens is 254 g/mol. The fraction of sp³-hybridized carbons (Fsp3) is 0.600. The van der Waals surface area contributed by atoms with Gasteiger partial charge in [-0.1, -0.05) is 24.2 Å². The van der Waals surface area contributed by atoms with Gasteiger partial charge in [-0.3, -0.25) is 0 Å². The summed E-state index contributed by atoms with van der Waals surface area (Å²) in [5.74, 6) is 0.780. The molecular formula is C15H21N3O2. The van der Waals surface area contributed by atoms with Crippen LogP contribution in [0.5, 0.6) is 5.75 Å².